The summed E-state index contributed by atoms with van der Waals surface area (Å²) in [7, 11) is -3.53. The molecular formula is C10H17O7S-. The first-order chi connectivity index (χ1) is 8.15. The van der Waals surface area contributed by atoms with Gasteiger partial charge in [0.15, 0.2) is 5.44 Å². The molecule has 0 fully saturated rings. The molecule has 0 spiro atoms. The number of carbonyl (C=O) groups is 2. The first kappa shape index (κ1) is 16.9. The lowest BCUT2D eigenvalue weighted by Crippen LogP contribution is -2.33. The van der Waals surface area contributed by atoms with E-state index >= 15 is 0 Å². The van der Waals surface area contributed by atoms with Crippen LogP contribution in [0.15, 0.2) is 0 Å². The largest absolute Gasteiger partial charge is 0.745 e. The zero-order valence-corrected chi connectivity index (χ0v) is 11.5. The van der Waals surface area contributed by atoms with Crippen molar-refractivity contribution in [1.82, 2.24) is 0 Å². The predicted molar refractivity (Wildman–Crippen MR) is 60.2 cm³/mol. The molecule has 0 bridgehead atoms. The average molecular weight is 281 g/mol. The van der Waals surface area contributed by atoms with Crippen LogP contribution >= 0.6 is 0 Å². The molecule has 0 rings (SSSR count). The van der Waals surface area contributed by atoms with E-state index in [1.165, 1.54) is 27.9 Å². The Kier molecular flexibility index (Phi) is 6.27. The predicted octanol–water partition coefficient (Wildman–Crippen LogP) is 0.256. The highest BCUT2D eigenvalue weighted by molar-refractivity contribution is 7.86. The summed E-state index contributed by atoms with van der Waals surface area (Å²) in [4.78, 5) is 22.8. The van der Waals surface area contributed by atoms with Crippen LogP contribution in [-0.4, -0.2) is 37.5 Å². The first-order valence-electron chi connectivity index (χ1n) is 5.38. The molecule has 0 aromatic rings. The molecule has 0 aromatic carbocycles. The van der Waals surface area contributed by atoms with Crippen LogP contribution in [-0.2, 0) is 29.2 Å². The molecule has 0 saturated heterocycles. The van der Waals surface area contributed by atoms with Gasteiger partial charge in [-0.15, -0.1) is 0 Å². The molecule has 3 unspecified atom stereocenters. The lowest BCUT2D eigenvalue weighted by molar-refractivity contribution is -0.159. The maximum atomic E-state index is 11.6. The molecule has 0 aromatic heterocycles. The van der Waals surface area contributed by atoms with Gasteiger partial charge in [0.2, 0.25) is 0 Å². The minimum absolute atomic E-state index is 0.142. The van der Waals surface area contributed by atoms with Crippen LogP contribution in [0, 0.1) is 11.8 Å². The van der Waals surface area contributed by atoms with Gasteiger partial charge in [-0.2, -0.15) is 0 Å². The molecule has 0 amide bonds. The number of methoxy groups -OCH3 is 1. The standard InChI is InChI=1S/C10H18O7S/c1-5-8(18(13,14)15)17-10(12)7(3)6(2)9(11)16-4/h6-8H,5H2,1-4H3,(H,13,14,15)/p-1. The van der Waals surface area contributed by atoms with Crippen molar-refractivity contribution in [2.45, 2.75) is 32.6 Å². The Hall–Kier alpha value is -1.15. The zero-order chi connectivity index (χ0) is 14.5. The van der Waals surface area contributed by atoms with E-state index in [1.54, 1.807) is 0 Å². The van der Waals surface area contributed by atoms with E-state index < -0.39 is 39.3 Å². The lowest BCUT2D eigenvalue weighted by Gasteiger charge is -2.23. The summed E-state index contributed by atoms with van der Waals surface area (Å²) in [5, 5.41) is 0. The number of rotatable bonds is 6. The van der Waals surface area contributed by atoms with Crippen molar-refractivity contribution in [2.75, 3.05) is 7.11 Å². The lowest BCUT2D eigenvalue weighted by atomic mass is 9.96. The topological polar surface area (TPSA) is 110 Å². The molecule has 106 valence electrons. The van der Waals surface area contributed by atoms with Gasteiger partial charge in [-0.25, -0.2) is 8.42 Å². The van der Waals surface area contributed by atoms with Crippen molar-refractivity contribution in [3.63, 3.8) is 0 Å². The van der Waals surface area contributed by atoms with E-state index in [4.69, 9.17) is 0 Å². The summed E-state index contributed by atoms with van der Waals surface area (Å²) in [5.41, 5.74) is -1.72. The summed E-state index contributed by atoms with van der Waals surface area (Å²) < 4.78 is 41.3. The summed E-state index contributed by atoms with van der Waals surface area (Å²) in [5.74, 6) is -3.21. The highest BCUT2D eigenvalue weighted by Gasteiger charge is 2.30. The first-order valence-corrected chi connectivity index (χ1v) is 6.85. The van der Waals surface area contributed by atoms with Crippen molar-refractivity contribution in [3.8, 4) is 0 Å². The fourth-order valence-electron chi connectivity index (χ4n) is 1.18. The van der Waals surface area contributed by atoms with Crippen LogP contribution in [0.1, 0.15) is 27.2 Å². The van der Waals surface area contributed by atoms with E-state index in [1.807, 2.05) is 0 Å². The Morgan fingerprint density at radius 2 is 1.61 bits per heavy atom. The normalized spacial score (nSPS) is 16.5. The molecule has 0 aliphatic carbocycles. The second-order valence-electron chi connectivity index (χ2n) is 3.87. The fraction of sp³-hybridized carbons (Fsp3) is 0.800. The summed E-state index contributed by atoms with van der Waals surface area (Å²) in [6, 6.07) is 0. The minimum Gasteiger partial charge on any atom is -0.745 e. The zero-order valence-electron chi connectivity index (χ0n) is 10.7. The highest BCUT2D eigenvalue weighted by atomic mass is 32.2. The molecule has 0 heterocycles. The maximum Gasteiger partial charge on any atom is 0.310 e. The molecule has 0 aliphatic heterocycles. The van der Waals surface area contributed by atoms with Crippen LogP contribution in [0.3, 0.4) is 0 Å². The molecule has 0 radical (unpaired) electrons. The Labute approximate surface area is 106 Å². The Morgan fingerprint density at radius 3 is 1.94 bits per heavy atom. The molecular weight excluding hydrogens is 264 g/mol. The van der Waals surface area contributed by atoms with E-state index in [2.05, 4.69) is 9.47 Å². The van der Waals surface area contributed by atoms with Crippen molar-refractivity contribution in [2.24, 2.45) is 11.8 Å². The molecule has 8 heteroatoms. The third-order valence-corrected chi connectivity index (χ3v) is 3.67. The summed E-state index contributed by atoms with van der Waals surface area (Å²) in [6.07, 6.45) is -0.142. The third-order valence-electron chi connectivity index (χ3n) is 2.60. The third kappa shape index (κ3) is 4.61. The minimum atomic E-state index is -4.70. The van der Waals surface area contributed by atoms with E-state index in [0.29, 0.717) is 0 Å². The van der Waals surface area contributed by atoms with Crippen molar-refractivity contribution < 1.29 is 32.0 Å². The number of hydrogen-bond donors (Lipinski definition) is 0. The SMILES string of the molecule is CCC(OC(=O)C(C)C(C)C(=O)OC)S(=O)(=O)[O-]. The van der Waals surface area contributed by atoms with Crippen molar-refractivity contribution in [3.05, 3.63) is 0 Å². The van der Waals surface area contributed by atoms with Crippen molar-refractivity contribution >= 4 is 22.1 Å². The molecule has 0 saturated carbocycles. The summed E-state index contributed by atoms with van der Waals surface area (Å²) in [6.45, 7) is 4.25. The van der Waals surface area contributed by atoms with Crippen molar-refractivity contribution in [1.29, 1.82) is 0 Å². The van der Waals surface area contributed by atoms with Gasteiger partial charge < -0.3 is 14.0 Å². The Balaban J connectivity index is 4.72. The molecule has 7 nitrogen and oxygen atoms in total. The van der Waals surface area contributed by atoms with Gasteiger partial charge in [-0.05, 0) is 6.42 Å². The second kappa shape index (κ2) is 6.69. The number of esters is 2. The van der Waals surface area contributed by atoms with Crippen LogP contribution in [0.25, 0.3) is 0 Å². The van der Waals surface area contributed by atoms with E-state index in [-0.39, 0.29) is 6.42 Å². The van der Waals surface area contributed by atoms with Gasteiger partial charge in [0.25, 0.3) is 0 Å². The average Bonchev–Trinajstić information content (AvgIpc) is 2.30. The van der Waals surface area contributed by atoms with Crippen LogP contribution < -0.4 is 0 Å². The molecule has 18 heavy (non-hydrogen) atoms. The van der Waals surface area contributed by atoms with E-state index in [9.17, 15) is 22.6 Å². The number of carbonyl (C=O) groups excluding carboxylic acids is 2. The van der Waals surface area contributed by atoms with Gasteiger partial charge in [-0.1, -0.05) is 20.8 Å². The highest BCUT2D eigenvalue weighted by Crippen LogP contribution is 2.17. The molecule has 3 atom stereocenters. The maximum absolute atomic E-state index is 11.6. The number of hydrogen-bond acceptors (Lipinski definition) is 7. The number of ether oxygens (including phenoxy) is 2. The molecule has 0 aliphatic rings. The fourth-order valence-corrected chi connectivity index (χ4v) is 1.80. The smallest absolute Gasteiger partial charge is 0.310 e. The van der Waals surface area contributed by atoms with Gasteiger partial charge in [0.05, 0.1) is 18.9 Å². The Morgan fingerprint density at radius 1 is 1.17 bits per heavy atom. The molecule has 0 N–H and O–H groups in total. The van der Waals surface area contributed by atoms with Gasteiger partial charge in [0.1, 0.15) is 10.1 Å². The van der Waals surface area contributed by atoms with E-state index in [0.717, 1.165) is 0 Å². The Bertz CT molecular complexity index is 400. The summed E-state index contributed by atoms with van der Waals surface area (Å²) >= 11 is 0. The monoisotopic (exact) mass is 281 g/mol. The van der Waals surface area contributed by atoms with Gasteiger partial charge in [0, 0.05) is 0 Å². The second-order valence-corrected chi connectivity index (χ2v) is 5.38. The quantitative estimate of drug-likeness (QED) is 0.507. The van der Waals surface area contributed by atoms with Crippen LogP contribution in [0.5, 0.6) is 0 Å². The van der Waals surface area contributed by atoms with Gasteiger partial charge in [-0.3, -0.25) is 9.59 Å². The van der Waals surface area contributed by atoms with Crippen LogP contribution in [0.4, 0.5) is 0 Å². The van der Waals surface area contributed by atoms with Crippen LogP contribution in [0.2, 0.25) is 0 Å². The van der Waals surface area contributed by atoms with Gasteiger partial charge >= 0.3 is 11.9 Å².